The van der Waals surface area contributed by atoms with Crippen molar-refractivity contribution in [3.63, 3.8) is 0 Å². The third kappa shape index (κ3) is 6.09. The second-order valence-electron chi connectivity index (χ2n) is 7.21. The van der Waals surface area contributed by atoms with Crippen molar-refractivity contribution >= 4 is 23.6 Å². The van der Waals surface area contributed by atoms with Crippen LogP contribution in [-0.4, -0.2) is 57.0 Å². The van der Waals surface area contributed by atoms with Crippen molar-refractivity contribution in [2.75, 3.05) is 25.4 Å². The van der Waals surface area contributed by atoms with Crippen molar-refractivity contribution in [1.82, 2.24) is 19.7 Å². The molecule has 3 rings (SSSR count). The van der Waals surface area contributed by atoms with Gasteiger partial charge >= 0.3 is 5.97 Å². The summed E-state index contributed by atoms with van der Waals surface area (Å²) in [5, 5.41) is 8.86. The number of benzene rings is 1. The number of hydrogen-bond acceptors (Lipinski definition) is 7. The molecule has 1 saturated heterocycles. The minimum atomic E-state index is -0.450. The number of halogens is 1. The van der Waals surface area contributed by atoms with Gasteiger partial charge in [0.15, 0.2) is 22.5 Å². The number of carbonyl (C=O) groups excluding carboxylic acids is 2. The summed E-state index contributed by atoms with van der Waals surface area (Å²) in [6.45, 7) is 7.45. The first-order chi connectivity index (χ1) is 15.5. The van der Waals surface area contributed by atoms with Crippen LogP contribution in [0.4, 0.5) is 4.39 Å². The minimum Gasteiger partial charge on any atom is -0.483 e. The average Bonchev–Trinajstić information content (AvgIpc) is 3.19. The predicted molar refractivity (Wildman–Crippen MR) is 118 cm³/mol. The molecule has 1 aromatic carbocycles. The van der Waals surface area contributed by atoms with Crippen LogP contribution in [0.1, 0.15) is 25.6 Å². The van der Waals surface area contributed by atoms with E-state index in [1.165, 1.54) is 17.8 Å². The van der Waals surface area contributed by atoms with Crippen LogP contribution in [0.25, 0.3) is 0 Å². The summed E-state index contributed by atoms with van der Waals surface area (Å²) in [5.74, 6) is 0.0578. The molecule has 0 saturated carbocycles. The van der Waals surface area contributed by atoms with E-state index in [0.717, 1.165) is 0 Å². The quantitative estimate of drug-likeness (QED) is 0.305. The van der Waals surface area contributed by atoms with E-state index < -0.39 is 5.82 Å². The molecule has 0 unspecified atom stereocenters. The molecule has 0 atom stereocenters. The highest BCUT2D eigenvalue weighted by Crippen LogP contribution is 2.23. The van der Waals surface area contributed by atoms with Crippen LogP contribution in [0.5, 0.6) is 5.75 Å². The number of nitrogens with zero attached hydrogens (tertiary/aromatic N) is 4. The first kappa shape index (κ1) is 23.8. The Morgan fingerprint density at radius 2 is 2.03 bits per heavy atom. The first-order valence-electron chi connectivity index (χ1n) is 10.5. The van der Waals surface area contributed by atoms with Crippen molar-refractivity contribution in [1.29, 1.82) is 0 Å². The lowest BCUT2D eigenvalue weighted by molar-refractivity contribution is -0.151. The maximum Gasteiger partial charge on any atom is 0.309 e. The molecule has 1 aromatic heterocycles. The number of esters is 1. The van der Waals surface area contributed by atoms with Crippen LogP contribution in [0.15, 0.2) is 42.1 Å². The lowest BCUT2D eigenvalue weighted by Gasteiger charge is -2.30. The molecule has 2 aromatic rings. The number of aromatic nitrogens is 3. The summed E-state index contributed by atoms with van der Waals surface area (Å²) in [6.07, 6.45) is 2.92. The molecule has 32 heavy (non-hydrogen) atoms. The van der Waals surface area contributed by atoms with Crippen molar-refractivity contribution in [2.24, 2.45) is 5.92 Å². The van der Waals surface area contributed by atoms with Crippen molar-refractivity contribution < 1.29 is 23.5 Å². The second kappa shape index (κ2) is 11.7. The van der Waals surface area contributed by atoms with Crippen LogP contribution < -0.4 is 4.74 Å². The van der Waals surface area contributed by atoms with Crippen molar-refractivity contribution in [2.45, 2.75) is 38.1 Å². The average molecular weight is 463 g/mol. The fourth-order valence-corrected chi connectivity index (χ4v) is 4.26. The largest absolute Gasteiger partial charge is 0.483 e. The number of hydrogen-bond donors (Lipinski definition) is 0. The highest BCUT2D eigenvalue weighted by atomic mass is 32.2. The summed E-state index contributed by atoms with van der Waals surface area (Å²) in [6, 6.07) is 6.15. The number of rotatable bonds is 10. The molecule has 1 amide bonds. The zero-order chi connectivity index (χ0) is 22.9. The molecular weight excluding hydrogens is 435 g/mol. The smallest absolute Gasteiger partial charge is 0.309 e. The summed E-state index contributed by atoms with van der Waals surface area (Å²) in [7, 11) is 0. The monoisotopic (exact) mass is 462 g/mol. The Morgan fingerprint density at radius 3 is 2.72 bits per heavy atom. The molecule has 1 fully saturated rings. The predicted octanol–water partition coefficient (Wildman–Crippen LogP) is 3.08. The van der Waals surface area contributed by atoms with Crippen LogP contribution >= 0.6 is 11.8 Å². The Balaban J connectivity index is 1.54. The molecule has 1 aliphatic heterocycles. The lowest BCUT2D eigenvalue weighted by atomic mass is 9.97. The third-order valence-corrected chi connectivity index (χ3v) is 6.04. The number of thioether (sulfide) groups is 1. The summed E-state index contributed by atoms with van der Waals surface area (Å²) in [5.41, 5.74) is 0. The Kier molecular flexibility index (Phi) is 8.66. The van der Waals surface area contributed by atoms with Gasteiger partial charge in [0, 0.05) is 19.6 Å². The van der Waals surface area contributed by atoms with Gasteiger partial charge in [-0.15, -0.1) is 16.8 Å². The zero-order valence-corrected chi connectivity index (χ0v) is 18.9. The van der Waals surface area contributed by atoms with Crippen LogP contribution in [0, 0.1) is 11.7 Å². The molecule has 1 aliphatic rings. The zero-order valence-electron chi connectivity index (χ0n) is 18.0. The molecule has 0 aliphatic carbocycles. The second-order valence-corrected chi connectivity index (χ2v) is 8.16. The maximum atomic E-state index is 13.8. The fourth-order valence-electron chi connectivity index (χ4n) is 3.39. The Labute approximate surface area is 190 Å². The molecule has 0 radical (unpaired) electrons. The van der Waals surface area contributed by atoms with E-state index in [1.54, 1.807) is 40.7 Å². The molecule has 172 valence electrons. The third-order valence-electron chi connectivity index (χ3n) is 5.09. The van der Waals surface area contributed by atoms with Gasteiger partial charge in [0.25, 0.3) is 0 Å². The number of ether oxygens (including phenoxy) is 2. The normalized spacial score (nSPS) is 14.2. The maximum absolute atomic E-state index is 13.8. The lowest BCUT2D eigenvalue weighted by Crippen LogP contribution is -2.41. The van der Waals surface area contributed by atoms with E-state index in [0.29, 0.717) is 50.1 Å². The first-order valence-corrected chi connectivity index (χ1v) is 11.5. The van der Waals surface area contributed by atoms with Gasteiger partial charge in [-0.05, 0) is 31.9 Å². The Morgan fingerprint density at radius 1 is 1.28 bits per heavy atom. The molecule has 2 heterocycles. The molecule has 8 nitrogen and oxygen atoms in total. The van der Waals surface area contributed by atoms with E-state index in [2.05, 4.69) is 16.8 Å². The van der Waals surface area contributed by atoms with E-state index in [-0.39, 0.29) is 35.9 Å². The number of amides is 1. The van der Waals surface area contributed by atoms with Gasteiger partial charge in [-0.1, -0.05) is 30.0 Å². The van der Waals surface area contributed by atoms with Gasteiger partial charge in [0.2, 0.25) is 5.91 Å². The number of allylic oxidation sites excluding steroid dienone is 1. The summed E-state index contributed by atoms with van der Waals surface area (Å²) >= 11 is 1.28. The van der Waals surface area contributed by atoms with Crippen LogP contribution in [0.2, 0.25) is 0 Å². The standard InChI is InChI=1S/C22H27FN4O4S/c1-3-11-27-19(14-31-18-8-6-5-7-17(18)23)24-25-22(27)32-15-20(28)26-12-9-16(10-13-26)21(29)30-4-2/h3,5-8,16H,1,4,9-15H2,2H3. The molecule has 0 bridgehead atoms. The molecule has 0 spiro atoms. The number of para-hydroxylation sites is 1. The summed E-state index contributed by atoms with van der Waals surface area (Å²) in [4.78, 5) is 26.3. The van der Waals surface area contributed by atoms with Gasteiger partial charge in [0.1, 0.15) is 6.61 Å². The molecular formula is C22H27FN4O4S. The van der Waals surface area contributed by atoms with E-state index >= 15 is 0 Å². The fraction of sp³-hybridized carbons (Fsp3) is 0.455. The van der Waals surface area contributed by atoms with Gasteiger partial charge < -0.3 is 14.4 Å². The van der Waals surface area contributed by atoms with Gasteiger partial charge in [0.05, 0.1) is 18.3 Å². The van der Waals surface area contributed by atoms with E-state index in [4.69, 9.17) is 9.47 Å². The summed E-state index contributed by atoms with van der Waals surface area (Å²) < 4.78 is 26.2. The minimum absolute atomic E-state index is 0.0189. The van der Waals surface area contributed by atoms with E-state index in [9.17, 15) is 14.0 Å². The SMILES string of the molecule is C=CCn1c(COc2ccccc2F)nnc1SCC(=O)N1CCC(C(=O)OCC)CC1. The topological polar surface area (TPSA) is 86.5 Å². The Hall–Kier alpha value is -2.88. The Bertz CT molecular complexity index is 944. The van der Waals surface area contributed by atoms with Crippen molar-refractivity contribution in [3.8, 4) is 5.75 Å². The van der Waals surface area contributed by atoms with Crippen molar-refractivity contribution in [3.05, 3.63) is 48.6 Å². The van der Waals surface area contributed by atoms with Gasteiger partial charge in [-0.2, -0.15) is 0 Å². The van der Waals surface area contributed by atoms with Crippen LogP contribution in [0.3, 0.4) is 0 Å². The molecule has 0 N–H and O–H groups in total. The highest BCUT2D eigenvalue weighted by Gasteiger charge is 2.28. The highest BCUT2D eigenvalue weighted by molar-refractivity contribution is 7.99. The van der Waals surface area contributed by atoms with Gasteiger partial charge in [-0.3, -0.25) is 14.2 Å². The molecule has 10 heteroatoms. The number of carbonyl (C=O) groups is 2. The van der Waals surface area contributed by atoms with Gasteiger partial charge in [-0.25, -0.2) is 4.39 Å². The number of piperidine rings is 1. The number of likely N-dealkylation sites (tertiary alicyclic amines) is 1. The van der Waals surface area contributed by atoms with Crippen LogP contribution in [-0.2, 0) is 27.5 Å². The van der Waals surface area contributed by atoms with E-state index in [1.807, 2.05) is 0 Å².